The minimum atomic E-state index is 0.0503. The standard InChI is InChI=1S/C12H19N3/c1-12(13)4-8-15(9-5-12)10-11-2-6-14-7-3-11/h2-3,6-7H,4-5,8-10,13H2,1H3. The summed E-state index contributed by atoms with van der Waals surface area (Å²) >= 11 is 0. The van der Waals surface area contributed by atoms with Crippen molar-refractivity contribution in [3.63, 3.8) is 0 Å². The van der Waals surface area contributed by atoms with E-state index in [4.69, 9.17) is 5.73 Å². The Kier molecular flexibility index (Phi) is 3.03. The number of aromatic nitrogens is 1. The lowest BCUT2D eigenvalue weighted by Crippen LogP contribution is -2.47. The molecule has 0 atom stereocenters. The molecule has 0 bridgehead atoms. The first-order valence-electron chi connectivity index (χ1n) is 5.56. The Morgan fingerprint density at radius 1 is 1.33 bits per heavy atom. The highest BCUT2D eigenvalue weighted by Gasteiger charge is 2.25. The van der Waals surface area contributed by atoms with Crippen LogP contribution in [0, 0.1) is 0 Å². The summed E-state index contributed by atoms with van der Waals surface area (Å²) in [5.74, 6) is 0. The van der Waals surface area contributed by atoms with E-state index in [1.54, 1.807) is 0 Å². The van der Waals surface area contributed by atoms with Crippen molar-refractivity contribution in [2.24, 2.45) is 5.73 Å². The van der Waals surface area contributed by atoms with Crippen molar-refractivity contribution in [1.82, 2.24) is 9.88 Å². The van der Waals surface area contributed by atoms with Crippen LogP contribution >= 0.6 is 0 Å². The largest absolute Gasteiger partial charge is 0.325 e. The Balaban J connectivity index is 1.88. The minimum Gasteiger partial charge on any atom is -0.325 e. The SMILES string of the molecule is CC1(N)CCN(Cc2ccncc2)CC1. The Bertz CT molecular complexity index is 298. The summed E-state index contributed by atoms with van der Waals surface area (Å²) in [6.45, 7) is 5.39. The second-order valence-electron chi connectivity index (χ2n) is 4.79. The number of piperidine rings is 1. The zero-order valence-corrected chi connectivity index (χ0v) is 9.32. The third-order valence-electron chi connectivity index (χ3n) is 3.15. The molecule has 0 amide bonds. The van der Waals surface area contributed by atoms with E-state index in [1.807, 2.05) is 12.4 Å². The van der Waals surface area contributed by atoms with Crippen molar-refractivity contribution in [3.8, 4) is 0 Å². The number of hydrogen-bond acceptors (Lipinski definition) is 3. The number of nitrogens with zero attached hydrogens (tertiary/aromatic N) is 2. The van der Waals surface area contributed by atoms with Gasteiger partial charge in [0.1, 0.15) is 0 Å². The topological polar surface area (TPSA) is 42.1 Å². The Morgan fingerprint density at radius 3 is 2.53 bits per heavy atom. The van der Waals surface area contributed by atoms with E-state index < -0.39 is 0 Å². The van der Waals surface area contributed by atoms with Gasteiger partial charge >= 0.3 is 0 Å². The maximum atomic E-state index is 6.10. The molecule has 1 aliphatic rings. The van der Waals surface area contributed by atoms with Crippen molar-refractivity contribution in [2.75, 3.05) is 13.1 Å². The maximum Gasteiger partial charge on any atom is 0.0271 e. The molecule has 0 aromatic carbocycles. The molecule has 2 N–H and O–H groups in total. The molecule has 3 heteroatoms. The summed E-state index contributed by atoms with van der Waals surface area (Å²) < 4.78 is 0. The summed E-state index contributed by atoms with van der Waals surface area (Å²) in [5, 5.41) is 0. The van der Waals surface area contributed by atoms with Crippen LogP contribution in [-0.2, 0) is 6.54 Å². The van der Waals surface area contributed by atoms with Crippen LogP contribution in [0.2, 0.25) is 0 Å². The zero-order chi connectivity index (χ0) is 10.7. The molecular weight excluding hydrogens is 186 g/mol. The van der Waals surface area contributed by atoms with Gasteiger partial charge in [0.15, 0.2) is 0 Å². The van der Waals surface area contributed by atoms with Crippen LogP contribution in [0.5, 0.6) is 0 Å². The van der Waals surface area contributed by atoms with E-state index in [-0.39, 0.29) is 5.54 Å². The van der Waals surface area contributed by atoms with E-state index in [0.717, 1.165) is 32.5 Å². The van der Waals surface area contributed by atoms with Gasteiger partial charge < -0.3 is 5.73 Å². The van der Waals surface area contributed by atoms with Gasteiger partial charge in [-0.3, -0.25) is 9.88 Å². The molecule has 15 heavy (non-hydrogen) atoms. The van der Waals surface area contributed by atoms with Crippen LogP contribution in [0.1, 0.15) is 25.3 Å². The van der Waals surface area contributed by atoms with E-state index in [9.17, 15) is 0 Å². The average Bonchev–Trinajstić information content (AvgIpc) is 2.23. The third-order valence-corrected chi connectivity index (χ3v) is 3.15. The second-order valence-corrected chi connectivity index (χ2v) is 4.79. The lowest BCUT2D eigenvalue weighted by atomic mass is 9.91. The molecular formula is C12H19N3. The molecule has 0 saturated carbocycles. The van der Waals surface area contributed by atoms with Crippen molar-refractivity contribution >= 4 is 0 Å². The van der Waals surface area contributed by atoms with E-state index in [1.165, 1.54) is 5.56 Å². The molecule has 2 heterocycles. The molecule has 82 valence electrons. The molecule has 1 aromatic heterocycles. The average molecular weight is 205 g/mol. The fourth-order valence-corrected chi connectivity index (χ4v) is 1.97. The molecule has 0 unspecified atom stereocenters. The summed E-state index contributed by atoms with van der Waals surface area (Å²) in [6, 6.07) is 4.16. The van der Waals surface area contributed by atoms with Gasteiger partial charge in [0.05, 0.1) is 0 Å². The van der Waals surface area contributed by atoms with Gasteiger partial charge in [-0.2, -0.15) is 0 Å². The normalized spacial score (nSPS) is 21.5. The molecule has 3 nitrogen and oxygen atoms in total. The fourth-order valence-electron chi connectivity index (χ4n) is 1.97. The highest BCUT2D eigenvalue weighted by Crippen LogP contribution is 2.19. The van der Waals surface area contributed by atoms with Crippen LogP contribution in [0.15, 0.2) is 24.5 Å². The lowest BCUT2D eigenvalue weighted by Gasteiger charge is -2.36. The fraction of sp³-hybridized carbons (Fsp3) is 0.583. The Hall–Kier alpha value is -0.930. The van der Waals surface area contributed by atoms with Crippen molar-refractivity contribution < 1.29 is 0 Å². The molecule has 1 aromatic rings. The van der Waals surface area contributed by atoms with Gasteiger partial charge in [0.25, 0.3) is 0 Å². The quantitative estimate of drug-likeness (QED) is 0.793. The Labute approximate surface area is 91.3 Å². The zero-order valence-electron chi connectivity index (χ0n) is 9.32. The van der Waals surface area contributed by atoms with E-state index >= 15 is 0 Å². The van der Waals surface area contributed by atoms with Gasteiger partial charge in [-0.25, -0.2) is 0 Å². The number of nitrogens with two attached hydrogens (primary N) is 1. The van der Waals surface area contributed by atoms with Gasteiger partial charge in [0.2, 0.25) is 0 Å². The van der Waals surface area contributed by atoms with E-state index in [0.29, 0.717) is 0 Å². The number of hydrogen-bond donors (Lipinski definition) is 1. The minimum absolute atomic E-state index is 0.0503. The highest BCUT2D eigenvalue weighted by atomic mass is 15.1. The van der Waals surface area contributed by atoms with Gasteiger partial charge in [0, 0.05) is 37.6 Å². The Morgan fingerprint density at radius 2 is 1.93 bits per heavy atom. The molecule has 2 rings (SSSR count). The molecule has 1 saturated heterocycles. The predicted octanol–water partition coefficient (Wildman–Crippen LogP) is 1.39. The third kappa shape index (κ3) is 3.01. The monoisotopic (exact) mass is 205 g/mol. The second kappa shape index (κ2) is 4.29. The maximum absolute atomic E-state index is 6.10. The predicted molar refractivity (Wildman–Crippen MR) is 61.3 cm³/mol. The van der Waals surface area contributed by atoms with Crippen molar-refractivity contribution in [3.05, 3.63) is 30.1 Å². The van der Waals surface area contributed by atoms with Gasteiger partial charge in [-0.1, -0.05) is 0 Å². The summed E-state index contributed by atoms with van der Waals surface area (Å²) in [6.07, 6.45) is 5.90. The van der Waals surface area contributed by atoms with Crippen LogP contribution < -0.4 is 5.73 Å². The molecule has 0 spiro atoms. The highest BCUT2D eigenvalue weighted by molar-refractivity contribution is 5.09. The number of likely N-dealkylation sites (tertiary alicyclic amines) is 1. The number of pyridine rings is 1. The summed E-state index contributed by atoms with van der Waals surface area (Å²) in [4.78, 5) is 6.49. The van der Waals surface area contributed by atoms with Crippen LogP contribution in [-0.4, -0.2) is 28.5 Å². The van der Waals surface area contributed by atoms with Gasteiger partial charge in [-0.15, -0.1) is 0 Å². The van der Waals surface area contributed by atoms with E-state index in [2.05, 4.69) is 28.9 Å². The van der Waals surface area contributed by atoms with Crippen molar-refractivity contribution in [1.29, 1.82) is 0 Å². The van der Waals surface area contributed by atoms with Crippen LogP contribution in [0.3, 0.4) is 0 Å². The smallest absolute Gasteiger partial charge is 0.0271 e. The molecule has 0 aliphatic carbocycles. The first-order valence-corrected chi connectivity index (χ1v) is 5.56. The molecule has 1 aliphatic heterocycles. The lowest BCUT2D eigenvalue weighted by molar-refractivity contribution is 0.165. The van der Waals surface area contributed by atoms with Crippen LogP contribution in [0.25, 0.3) is 0 Å². The number of rotatable bonds is 2. The molecule has 0 radical (unpaired) electrons. The molecule has 1 fully saturated rings. The van der Waals surface area contributed by atoms with Gasteiger partial charge in [-0.05, 0) is 37.5 Å². The summed E-state index contributed by atoms with van der Waals surface area (Å²) in [5.41, 5.74) is 7.49. The van der Waals surface area contributed by atoms with Crippen LogP contribution in [0.4, 0.5) is 0 Å². The van der Waals surface area contributed by atoms with Crippen molar-refractivity contribution in [2.45, 2.75) is 31.8 Å². The summed E-state index contributed by atoms with van der Waals surface area (Å²) in [7, 11) is 0. The first kappa shape index (κ1) is 10.6. The first-order chi connectivity index (χ1) is 7.16.